The number of hydrogen-bond donors (Lipinski definition) is 0. The lowest BCUT2D eigenvalue weighted by Crippen LogP contribution is -2.17. The molecule has 0 spiro atoms. The standard InChI is InChI=1S/C11H8F5NO/c1-11(2)3-18-10(17-11)4-5(12)7(14)9(16)8(15)6(4)13/h3H2,1-2H3. The van der Waals surface area contributed by atoms with Gasteiger partial charge in [-0.05, 0) is 13.8 Å². The average Bonchev–Trinajstić information content (AvgIpc) is 2.64. The van der Waals surface area contributed by atoms with Gasteiger partial charge < -0.3 is 4.74 Å². The molecule has 0 fully saturated rings. The summed E-state index contributed by atoms with van der Waals surface area (Å²) in [6.45, 7) is 3.21. The van der Waals surface area contributed by atoms with Crippen molar-refractivity contribution in [1.29, 1.82) is 0 Å². The van der Waals surface area contributed by atoms with Gasteiger partial charge in [0.1, 0.15) is 12.2 Å². The Kier molecular flexibility index (Phi) is 2.79. The highest BCUT2D eigenvalue weighted by atomic mass is 19.2. The molecule has 7 heteroatoms. The molecule has 18 heavy (non-hydrogen) atoms. The van der Waals surface area contributed by atoms with Crippen molar-refractivity contribution in [2.45, 2.75) is 19.4 Å². The number of ether oxygens (including phenoxy) is 1. The predicted octanol–water partition coefficient (Wildman–Crippen LogP) is 2.94. The SMILES string of the molecule is CC1(C)COC(c2c(F)c(F)c(F)c(F)c2F)=N1. The molecular formula is C11H8F5NO. The quantitative estimate of drug-likeness (QED) is 0.434. The van der Waals surface area contributed by atoms with Gasteiger partial charge in [-0.25, -0.2) is 26.9 Å². The third-order valence-electron chi connectivity index (χ3n) is 2.39. The van der Waals surface area contributed by atoms with Gasteiger partial charge >= 0.3 is 0 Å². The van der Waals surface area contributed by atoms with Crippen LogP contribution in [0.1, 0.15) is 19.4 Å². The first kappa shape index (κ1) is 12.8. The summed E-state index contributed by atoms with van der Waals surface area (Å²) in [6, 6.07) is 0. The molecule has 1 aromatic rings. The number of rotatable bonds is 1. The van der Waals surface area contributed by atoms with Crippen molar-refractivity contribution in [2.24, 2.45) is 4.99 Å². The molecule has 1 aromatic carbocycles. The summed E-state index contributed by atoms with van der Waals surface area (Å²) in [4.78, 5) is 3.78. The second-order valence-electron chi connectivity index (χ2n) is 4.46. The Balaban J connectivity index is 2.67. The average molecular weight is 265 g/mol. The summed E-state index contributed by atoms with van der Waals surface area (Å²) in [5.41, 5.74) is -1.90. The van der Waals surface area contributed by atoms with Crippen LogP contribution in [0.15, 0.2) is 4.99 Å². The lowest BCUT2D eigenvalue weighted by atomic mass is 10.1. The van der Waals surface area contributed by atoms with Crippen molar-refractivity contribution in [3.8, 4) is 0 Å². The molecule has 98 valence electrons. The van der Waals surface area contributed by atoms with E-state index in [0.717, 1.165) is 0 Å². The molecule has 2 rings (SSSR count). The van der Waals surface area contributed by atoms with Crippen LogP contribution in [0.25, 0.3) is 0 Å². The summed E-state index contributed by atoms with van der Waals surface area (Å²) in [6.07, 6.45) is 0. The van der Waals surface area contributed by atoms with E-state index in [1.807, 2.05) is 0 Å². The van der Waals surface area contributed by atoms with Gasteiger partial charge in [0.15, 0.2) is 23.3 Å². The van der Waals surface area contributed by atoms with Crippen molar-refractivity contribution in [2.75, 3.05) is 6.61 Å². The topological polar surface area (TPSA) is 21.6 Å². The van der Waals surface area contributed by atoms with Crippen molar-refractivity contribution in [3.05, 3.63) is 34.6 Å². The molecule has 0 unspecified atom stereocenters. The van der Waals surface area contributed by atoms with Gasteiger partial charge in [-0.1, -0.05) is 0 Å². The van der Waals surface area contributed by atoms with Gasteiger partial charge in [-0.3, -0.25) is 0 Å². The lowest BCUT2D eigenvalue weighted by molar-refractivity contribution is 0.276. The lowest BCUT2D eigenvalue weighted by Gasteiger charge is -2.07. The van der Waals surface area contributed by atoms with Crippen LogP contribution in [0.5, 0.6) is 0 Å². The van der Waals surface area contributed by atoms with Crippen molar-refractivity contribution in [3.63, 3.8) is 0 Å². The van der Waals surface area contributed by atoms with Gasteiger partial charge in [0, 0.05) is 0 Å². The van der Waals surface area contributed by atoms with E-state index in [2.05, 4.69) is 4.99 Å². The number of nitrogens with zero attached hydrogens (tertiary/aromatic N) is 1. The Labute approximate surface area is 99.1 Å². The van der Waals surface area contributed by atoms with E-state index < -0.39 is 46.1 Å². The van der Waals surface area contributed by atoms with Crippen molar-refractivity contribution >= 4 is 5.90 Å². The zero-order chi connectivity index (χ0) is 13.7. The molecule has 0 amide bonds. The van der Waals surface area contributed by atoms with Gasteiger partial charge in [0.2, 0.25) is 11.7 Å². The summed E-state index contributed by atoms with van der Waals surface area (Å²) >= 11 is 0. The van der Waals surface area contributed by atoms with Crippen LogP contribution in [-0.2, 0) is 4.74 Å². The van der Waals surface area contributed by atoms with Crippen LogP contribution in [0, 0.1) is 29.1 Å². The molecule has 0 aliphatic carbocycles. The highest BCUT2D eigenvalue weighted by Crippen LogP contribution is 2.28. The smallest absolute Gasteiger partial charge is 0.223 e. The Morgan fingerprint density at radius 2 is 1.33 bits per heavy atom. The molecule has 0 aromatic heterocycles. The normalized spacial score (nSPS) is 17.6. The molecule has 0 N–H and O–H groups in total. The van der Waals surface area contributed by atoms with E-state index >= 15 is 0 Å². The van der Waals surface area contributed by atoms with E-state index in [1.54, 1.807) is 13.8 Å². The molecular weight excluding hydrogens is 257 g/mol. The molecule has 0 radical (unpaired) electrons. The molecule has 2 nitrogen and oxygen atoms in total. The molecule has 0 bridgehead atoms. The molecule has 0 saturated carbocycles. The number of halogens is 5. The van der Waals surface area contributed by atoms with Gasteiger partial charge in [0.25, 0.3) is 0 Å². The van der Waals surface area contributed by atoms with Crippen LogP contribution in [-0.4, -0.2) is 18.0 Å². The first-order chi connectivity index (χ1) is 8.24. The molecule has 1 heterocycles. The van der Waals surface area contributed by atoms with Crippen LogP contribution in [0.2, 0.25) is 0 Å². The van der Waals surface area contributed by atoms with E-state index in [4.69, 9.17) is 4.74 Å². The molecule has 0 atom stereocenters. The zero-order valence-electron chi connectivity index (χ0n) is 9.45. The minimum atomic E-state index is -2.20. The second kappa shape index (κ2) is 3.93. The Morgan fingerprint density at radius 1 is 0.889 bits per heavy atom. The van der Waals surface area contributed by atoms with Gasteiger partial charge in [0.05, 0.1) is 5.54 Å². The molecule has 1 aliphatic rings. The van der Waals surface area contributed by atoms with E-state index in [-0.39, 0.29) is 6.61 Å². The Morgan fingerprint density at radius 3 is 1.72 bits per heavy atom. The summed E-state index contributed by atoms with van der Waals surface area (Å²) in [7, 11) is 0. The Hall–Kier alpha value is -1.66. The summed E-state index contributed by atoms with van der Waals surface area (Å²) < 4.78 is 70.5. The minimum Gasteiger partial charge on any atom is -0.475 e. The third-order valence-corrected chi connectivity index (χ3v) is 2.39. The van der Waals surface area contributed by atoms with Crippen LogP contribution in [0.3, 0.4) is 0 Å². The Bertz CT molecular complexity index is 524. The maximum atomic E-state index is 13.4. The molecule has 0 saturated heterocycles. The van der Waals surface area contributed by atoms with Crippen LogP contribution >= 0.6 is 0 Å². The van der Waals surface area contributed by atoms with Crippen LogP contribution in [0.4, 0.5) is 22.0 Å². The summed E-state index contributed by atoms with van der Waals surface area (Å²) in [5.74, 6) is -10.7. The summed E-state index contributed by atoms with van der Waals surface area (Å²) in [5, 5.41) is 0. The fraction of sp³-hybridized carbons (Fsp3) is 0.364. The largest absolute Gasteiger partial charge is 0.475 e. The van der Waals surface area contributed by atoms with Crippen LogP contribution < -0.4 is 0 Å². The fourth-order valence-electron chi connectivity index (χ4n) is 1.51. The number of aliphatic imine (C=N–C) groups is 1. The predicted molar refractivity (Wildman–Crippen MR) is 52.8 cm³/mol. The highest BCUT2D eigenvalue weighted by Gasteiger charge is 2.34. The van der Waals surface area contributed by atoms with E-state index in [9.17, 15) is 22.0 Å². The first-order valence-electron chi connectivity index (χ1n) is 4.99. The van der Waals surface area contributed by atoms with E-state index in [0.29, 0.717) is 0 Å². The van der Waals surface area contributed by atoms with Crippen molar-refractivity contribution < 1.29 is 26.7 Å². The first-order valence-corrected chi connectivity index (χ1v) is 4.99. The number of benzene rings is 1. The van der Waals surface area contributed by atoms with Gasteiger partial charge in [-0.2, -0.15) is 0 Å². The monoisotopic (exact) mass is 265 g/mol. The molecule has 1 aliphatic heterocycles. The maximum Gasteiger partial charge on any atom is 0.223 e. The highest BCUT2D eigenvalue weighted by molar-refractivity contribution is 5.96. The fourth-order valence-corrected chi connectivity index (χ4v) is 1.51. The number of hydrogen-bond acceptors (Lipinski definition) is 2. The zero-order valence-corrected chi connectivity index (χ0v) is 9.45. The maximum absolute atomic E-state index is 13.4. The third kappa shape index (κ3) is 1.83. The van der Waals surface area contributed by atoms with E-state index in [1.165, 1.54) is 0 Å². The van der Waals surface area contributed by atoms with Gasteiger partial charge in [-0.15, -0.1) is 0 Å². The minimum absolute atomic E-state index is 0.00181. The van der Waals surface area contributed by atoms with Crippen molar-refractivity contribution in [1.82, 2.24) is 0 Å². The second-order valence-corrected chi connectivity index (χ2v) is 4.46.